The maximum Gasteiger partial charge on any atom is 0.253 e. The van der Waals surface area contributed by atoms with Gasteiger partial charge in [0.25, 0.3) is 5.91 Å². The first kappa shape index (κ1) is 12.9. The smallest absolute Gasteiger partial charge is 0.253 e. The molecule has 0 aliphatic carbocycles. The highest BCUT2D eigenvalue weighted by Crippen LogP contribution is 2.20. The second kappa shape index (κ2) is 5.49. The number of H-pyrrole nitrogens is 1. The summed E-state index contributed by atoms with van der Waals surface area (Å²) in [6, 6.07) is 7.77. The summed E-state index contributed by atoms with van der Waals surface area (Å²) in [6.07, 6.45) is 5.27. The molecule has 1 aromatic carbocycles. The number of rotatable bonds is 2. The summed E-state index contributed by atoms with van der Waals surface area (Å²) in [5.41, 5.74) is 2.72. The lowest BCUT2D eigenvalue weighted by molar-refractivity contribution is 0.0724. The van der Waals surface area contributed by atoms with Gasteiger partial charge in [0.1, 0.15) is 5.82 Å². The maximum atomic E-state index is 12.5. The van der Waals surface area contributed by atoms with Crippen LogP contribution >= 0.6 is 0 Å². The molecule has 3 rings (SSSR count). The highest BCUT2D eigenvalue weighted by atomic mass is 16.2. The third-order valence-electron chi connectivity index (χ3n) is 3.77. The van der Waals surface area contributed by atoms with Crippen molar-refractivity contribution in [3.63, 3.8) is 0 Å². The first-order valence-corrected chi connectivity index (χ1v) is 7.15. The highest BCUT2D eigenvalue weighted by Gasteiger charge is 2.18. The molecule has 0 atom stereocenters. The van der Waals surface area contributed by atoms with Crippen molar-refractivity contribution in [3.05, 3.63) is 41.9 Å². The summed E-state index contributed by atoms with van der Waals surface area (Å²) >= 11 is 0. The van der Waals surface area contributed by atoms with Crippen molar-refractivity contribution in [2.45, 2.75) is 26.2 Å². The Morgan fingerprint density at radius 1 is 1.25 bits per heavy atom. The van der Waals surface area contributed by atoms with Crippen LogP contribution in [0, 0.1) is 6.92 Å². The molecule has 1 aliphatic heterocycles. The van der Waals surface area contributed by atoms with Gasteiger partial charge in [0, 0.05) is 24.2 Å². The number of carbonyl (C=O) groups is 1. The van der Waals surface area contributed by atoms with Gasteiger partial charge in [-0.1, -0.05) is 12.1 Å². The number of imidazole rings is 1. The van der Waals surface area contributed by atoms with Gasteiger partial charge in [-0.05, 0) is 38.3 Å². The predicted molar refractivity (Wildman–Crippen MR) is 78.5 cm³/mol. The zero-order valence-corrected chi connectivity index (χ0v) is 11.7. The number of nitrogens with zero attached hydrogens (tertiary/aromatic N) is 2. The van der Waals surface area contributed by atoms with Crippen molar-refractivity contribution in [1.82, 2.24) is 14.9 Å². The molecule has 0 bridgehead atoms. The average Bonchev–Trinajstić information content (AvgIpc) is 2.94. The van der Waals surface area contributed by atoms with E-state index in [1.165, 1.54) is 6.42 Å². The van der Waals surface area contributed by atoms with Crippen molar-refractivity contribution in [2.24, 2.45) is 0 Å². The van der Waals surface area contributed by atoms with Crippen molar-refractivity contribution in [1.29, 1.82) is 0 Å². The van der Waals surface area contributed by atoms with Crippen LogP contribution in [0.2, 0.25) is 0 Å². The number of piperidine rings is 1. The van der Waals surface area contributed by atoms with E-state index in [4.69, 9.17) is 0 Å². The SMILES string of the molecule is Cc1ncc(-c2cccc(C(=O)N3CCCCC3)c2)[nH]1. The molecular weight excluding hydrogens is 250 g/mol. The van der Waals surface area contributed by atoms with Crippen molar-refractivity contribution < 1.29 is 4.79 Å². The number of nitrogens with one attached hydrogen (secondary N) is 1. The van der Waals surface area contributed by atoms with E-state index in [2.05, 4.69) is 9.97 Å². The number of amides is 1. The van der Waals surface area contributed by atoms with Gasteiger partial charge in [-0.15, -0.1) is 0 Å². The lowest BCUT2D eigenvalue weighted by Gasteiger charge is -2.26. The van der Waals surface area contributed by atoms with Crippen LogP contribution in [0.3, 0.4) is 0 Å². The minimum atomic E-state index is 0.141. The number of hydrogen-bond acceptors (Lipinski definition) is 2. The number of likely N-dealkylation sites (tertiary alicyclic amines) is 1. The van der Waals surface area contributed by atoms with Gasteiger partial charge in [-0.3, -0.25) is 4.79 Å². The van der Waals surface area contributed by atoms with Crippen LogP contribution in [-0.2, 0) is 0 Å². The van der Waals surface area contributed by atoms with Gasteiger partial charge in [0.2, 0.25) is 0 Å². The van der Waals surface area contributed by atoms with Gasteiger partial charge >= 0.3 is 0 Å². The molecule has 2 aromatic rings. The Balaban J connectivity index is 1.85. The molecule has 0 radical (unpaired) electrons. The summed E-state index contributed by atoms with van der Waals surface area (Å²) in [4.78, 5) is 21.9. The van der Waals surface area contributed by atoms with Crippen LogP contribution in [0.1, 0.15) is 35.4 Å². The Labute approximate surface area is 118 Å². The van der Waals surface area contributed by atoms with Crippen LogP contribution in [0.15, 0.2) is 30.5 Å². The van der Waals surface area contributed by atoms with Crippen LogP contribution in [-0.4, -0.2) is 33.9 Å². The fourth-order valence-electron chi connectivity index (χ4n) is 2.67. The average molecular weight is 269 g/mol. The van der Waals surface area contributed by atoms with Crippen LogP contribution in [0.4, 0.5) is 0 Å². The molecule has 4 nitrogen and oxygen atoms in total. The van der Waals surface area contributed by atoms with Crippen LogP contribution in [0.5, 0.6) is 0 Å². The number of aromatic amines is 1. The number of benzene rings is 1. The van der Waals surface area contributed by atoms with E-state index in [1.807, 2.05) is 36.1 Å². The quantitative estimate of drug-likeness (QED) is 0.911. The zero-order chi connectivity index (χ0) is 13.9. The van der Waals surface area contributed by atoms with Crippen molar-refractivity contribution >= 4 is 5.91 Å². The molecule has 20 heavy (non-hydrogen) atoms. The molecule has 1 amide bonds. The van der Waals surface area contributed by atoms with Gasteiger partial charge in [-0.25, -0.2) is 4.98 Å². The Morgan fingerprint density at radius 2 is 2.05 bits per heavy atom. The molecule has 0 unspecified atom stereocenters. The third-order valence-corrected chi connectivity index (χ3v) is 3.77. The topological polar surface area (TPSA) is 49.0 Å². The lowest BCUT2D eigenvalue weighted by atomic mass is 10.1. The highest BCUT2D eigenvalue weighted by molar-refractivity contribution is 5.95. The zero-order valence-electron chi connectivity index (χ0n) is 11.7. The monoisotopic (exact) mass is 269 g/mol. The third kappa shape index (κ3) is 2.59. The Hall–Kier alpha value is -2.10. The molecule has 2 heterocycles. The summed E-state index contributed by atoms with van der Waals surface area (Å²) < 4.78 is 0. The first-order valence-electron chi connectivity index (χ1n) is 7.15. The maximum absolute atomic E-state index is 12.5. The lowest BCUT2D eigenvalue weighted by Crippen LogP contribution is -2.35. The van der Waals surface area contributed by atoms with E-state index in [0.717, 1.165) is 48.6 Å². The molecule has 0 spiro atoms. The molecule has 4 heteroatoms. The molecule has 1 aliphatic rings. The van der Waals surface area contributed by atoms with E-state index in [0.29, 0.717) is 0 Å². The standard InChI is InChI=1S/C16H19N3O/c1-12-17-11-15(18-12)13-6-5-7-14(10-13)16(20)19-8-3-2-4-9-19/h5-7,10-11H,2-4,8-9H2,1H3,(H,17,18). The van der Waals surface area contributed by atoms with Crippen LogP contribution in [0.25, 0.3) is 11.3 Å². The summed E-state index contributed by atoms with van der Waals surface area (Å²) in [5.74, 6) is 1.02. The molecule has 104 valence electrons. The van der Waals surface area contributed by atoms with Gasteiger partial charge in [0.05, 0.1) is 11.9 Å². The summed E-state index contributed by atoms with van der Waals surface area (Å²) in [5, 5.41) is 0. The largest absolute Gasteiger partial charge is 0.342 e. The van der Waals surface area contributed by atoms with E-state index in [1.54, 1.807) is 6.20 Å². The second-order valence-corrected chi connectivity index (χ2v) is 5.32. The molecule has 1 aromatic heterocycles. The second-order valence-electron chi connectivity index (χ2n) is 5.32. The predicted octanol–water partition coefficient (Wildman–Crippen LogP) is 3.01. The van der Waals surface area contributed by atoms with E-state index in [9.17, 15) is 4.79 Å². The number of aromatic nitrogens is 2. The van der Waals surface area contributed by atoms with Gasteiger partial charge < -0.3 is 9.88 Å². The molecule has 0 saturated carbocycles. The minimum absolute atomic E-state index is 0.141. The van der Waals surface area contributed by atoms with E-state index < -0.39 is 0 Å². The summed E-state index contributed by atoms with van der Waals surface area (Å²) in [6.45, 7) is 3.69. The van der Waals surface area contributed by atoms with Gasteiger partial charge in [0.15, 0.2) is 0 Å². The fraction of sp³-hybridized carbons (Fsp3) is 0.375. The molecule has 1 N–H and O–H groups in total. The normalized spacial score (nSPS) is 15.3. The van der Waals surface area contributed by atoms with Crippen molar-refractivity contribution in [2.75, 3.05) is 13.1 Å². The molecule has 1 fully saturated rings. The summed E-state index contributed by atoms with van der Waals surface area (Å²) in [7, 11) is 0. The fourth-order valence-corrected chi connectivity index (χ4v) is 2.67. The minimum Gasteiger partial charge on any atom is -0.342 e. The Kier molecular flexibility index (Phi) is 3.54. The van der Waals surface area contributed by atoms with E-state index in [-0.39, 0.29) is 5.91 Å². The molecule has 1 saturated heterocycles. The number of hydrogen-bond donors (Lipinski definition) is 1. The first-order chi connectivity index (χ1) is 9.74. The van der Waals surface area contributed by atoms with Crippen LogP contribution < -0.4 is 0 Å². The molecular formula is C16H19N3O. The van der Waals surface area contributed by atoms with E-state index >= 15 is 0 Å². The Bertz CT molecular complexity index is 612. The number of aryl methyl sites for hydroxylation is 1. The van der Waals surface area contributed by atoms with Gasteiger partial charge in [-0.2, -0.15) is 0 Å². The Morgan fingerprint density at radius 3 is 2.75 bits per heavy atom. The van der Waals surface area contributed by atoms with Crippen molar-refractivity contribution in [3.8, 4) is 11.3 Å². The number of carbonyl (C=O) groups excluding carboxylic acids is 1.